The average Bonchev–Trinajstić information content (AvgIpc) is 2.54. The van der Waals surface area contributed by atoms with Gasteiger partial charge in [0.2, 0.25) is 10.0 Å². The first-order valence-electron chi connectivity index (χ1n) is 8.13. The molecule has 0 aliphatic carbocycles. The Kier molecular flexibility index (Phi) is 7.64. The van der Waals surface area contributed by atoms with Crippen LogP contribution in [0.15, 0.2) is 42.5 Å². The maximum Gasteiger partial charge on any atom is 0.229 e. The molecule has 0 unspecified atom stereocenters. The van der Waals surface area contributed by atoms with E-state index in [0.717, 1.165) is 23.9 Å². The molecule has 0 saturated carbocycles. The molecule has 0 spiro atoms. The summed E-state index contributed by atoms with van der Waals surface area (Å²) in [6.07, 6.45) is 2.79. The minimum Gasteiger partial charge on any atom is -0.399 e. The summed E-state index contributed by atoms with van der Waals surface area (Å²) >= 11 is 0. The van der Waals surface area contributed by atoms with E-state index in [9.17, 15) is 13.2 Å². The fourth-order valence-electron chi connectivity index (χ4n) is 2.26. The normalized spacial score (nSPS) is 10.6. The first-order valence-corrected chi connectivity index (χ1v) is 10.0. The van der Waals surface area contributed by atoms with E-state index in [4.69, 9.17) is 5.73 Å². The van der Waals surface area contributed by atoms with Gasteiger partial charge in [-0.2, -0.15) is 0 Å². The highest BCUT2D eigenvalue weighted by molar-refractivity contribution is 7.92. The van der Waals surface area contributed by atoms with Gasteiger partial charge in [0.15, 0.2) is 5.78 Å². The molecule has 2 aromatic rings. The lowest BCUT2D eigenvalue weighted by molar-refractivity contribution is 0.101. The smallest absolute Gasteiger partial charge is 0.229 e. The molecule has 0 bridgehead atoms. The van der Waals surface area contributed by atoms with Gasteiger partial charge in [-0.3, -0.25) is 9.52 Å². The summed E-state index contributed by atoms with van der Waals surface area (Å²) in [6.45, 7) is 5.50. The average molecular weight is 362 g/mol. The lowest BCUT2D eigenvalue weighted by Gasteiger charge is -2.10. The van der Waals surface area contributed by atoms with Crippen LogP contribution in [-0.2, 0) is 22.9 Å². The van der Waals surface area contributed by atoms with Gasteiger partial charge in [-0.05, 0) is 55.2 Å². The van der Waals surface area contributed by atoms with Crippen LogP contribution in [0.3, 0.4) is 0 Å². The first kappa shape index (κ1) is 20.7. The third kappa shape index (κ3) is 6.97. The van der Waals surface area contributed by atoms with E-state index in [0.29, 0.717) is 17.7 Å². The van der Waals surface area contributed by atoms with Crippen molar-refractivity contribution in [2.75, 3.05) is 16.7 Å². The Bertz CT molecular complexity index is 830. The first-order chi connectivity index (χ1) is 11.7. The van der Waals surface area contributed by atoms with Gasteiger partial charge in [0.1, 0.15) is 0 Å². The van der Waals surface area contributed by atoms with E-state index in [1.54, 1.807) is 18.2 Å². The maximum atomic E-state index is 11.2. The van der Waals surface area contributed by atoms with Crippen molar-refractivity contribution in [1.82, 2.24) is 0 Å². The number of carbonyl (C=O) groups is 1. The number of nitrogens with one attached hydrogen (secondary N) is 1. The monoisotopic (exact) mass is 362 g/mol. The molecule has 0 fully saturated rings. The topological polar surface area (TPSA) is 89.3 Å². The fourth-order valence-corrected chi connectivity index (χ4v) is 2.86. The highest BCUT2D eigenvalue weighted by Gasteiger charge is 2.08. The van der Waals surface area contributed by atoms with E-state index in [1.807, 2.05) is 25.1 Å². The second kappa shape index (κ2) is 9.22. The SMILES string of the molecule is CCc1cc(C(C)=O)ccc1NS(C)(=O)=O.CCc1ccccc1N. The predicted octanol–water partition coefficient (Wildman–Crippen LogP) is 3.65. The number of carbonyl (C=O) groups excluding carboxylic acids is 1. The summed E-state index contributed by atoms with van der Waals surface area (Å²) in [4.78, 5) is 11.2. The Balaban J connectivity index is 0.000000293. The fraction of sp³-hybridized carbons (Fsp3) is 0.316. The van der Waals surface area contributed by atoms with Gasteiger partial charge in [-0.25, -0.2) is 8.42 Å². The van der Waals surface area contributed by atoms with Gasteiger partial charge in [0.05, 0.1) is 11.9 Å². The van der Waals surface area contributed by atoms with Crippen LogP contribution in [0.4, 0.5) is 11.4 Å². The van der Waals surface area contributed by atoms with Crippen LogP contribution in [0.5, 0.6) is 0 Å². The van der Waals surface area contributed by atoms with Gasteiger partial charge in [-0.15, -0.1) is 0 Å². The Labute approximate surface area is 150 Å². The van der Waals surface area contributed by atoms with Gasteiger partial charge < -0.3 is 5.73 Å². The summed E-state index contributed by atoms with van der Waals surface area (Å²) in [5, 5.41) is 0. The molecule has 0 amide bonds. The maximum absolute atomic E-state index is 11.2. The second-order valence-electron chi connectivity index (χ2n) is 5.71. The van der Waals surface area contributed by atoms with Gasteiger partial charge >= 0.3 is 0 Å². The van der Waals surface area contributed by atoms with Crippen LogP contribution in [0.1, 0.15) is 42.3 Å². The molecular formula is C19H26N2O3S. The molecule has 0 atom stereocenters. The molecule has 0 heterocycles. The molecule has 3 N–H and O–H groups in total. The number of benzene rings is 2. The Morgan fingerprint density at radius 3 is 2.08 bits per heavy atom. The zero-order valence-electron chi connectivity index (χ0n) is 15.2. The van der Waals surface area contributed by atoms with Gasteiger partial charge in [0, 0.05) is 11.3 Å². The van der Waals surface area contributed by atoms with E-state index in [2.05, 4.69) is 17.7 Å². The van der Waals surface area contributed by atoms with Crippen molar-refractivity contribution in [3.05, 3.63) is 59.2 Å². The number of para-hydroxylation sites is 1. The van der Waals surface area contributed by atoms with E-state index < -0.39 is 10.0 Å². The van der Waals surface area contributed by atoms with Crippen molar-refractivity contribution in [1.29, 1.82) is 0 Å². The molecule has 0 radical (unpaired) electrons. The third-order valence-corrected chi connectivity index (χ3v) is 4.21. The number of rotatable bonds is 5. The van der Waals surface area contributed by atoms with Crippen molar-refractivity contribution < 1.29 is 13.2 Å². The molecule has 0 aliphatic rings. The van der Waals surface area contributed by atoms with Gasteiger partial charge in [0.25, 0.3) is 0 Å². The van der Waals surface area contributed by atoms with Crippen LogP contribution in [-0.4, -0.2) is 20.5 Å². The second-order valence-corrected chi connectivity index (χ2v) is 7.46. The van der Waals surface area contributed by atoms with Crippen LogP contribution in [0.2, 0.25) is 0 Å². The molecule has 0 saturated heterocycles. The van der Waals surface area contributed by atoms with Crippen molar-refractivity contribution in [2.45, 2.75) is 33.6 Å². The van der Waals surface area contributed by atoms with Crippen molar-refractivity contribution >= 4 is 27.2 Å². The van der Waals surface area contributed by atoms with Crippen molar-refractivity contribution in [3.63, 3.8) is 0 Å². The summed E-state index contributed by atoms with van der Waals surface area (Å²) < 4.78 is 24.6. The molecular weight excluding hydrogens is 336 g/mol. The third-order valence-electron chi connectivity index (χ3n) is 3.62. The Morgan fingerprint density at radius 2 is 1.64 bits per heavy atom. The number of hydrogen-bond acceptors (Lipinski definition) is 4. The molecule has 5 nitrogen and oxygen atoms in total. The lowest BCUT2D eigenvalue weighted by Crippen LogP contribution is -2.11. The number of hydrogen-bond donors (Lipinski definition) is 2. The highest BCUT2D eigenvalue weighted by atomic mass is 32.2. The Morgan fingerprint density at radius 1 is 1.04 bits per heavy atom. The van der Waals surface area contributed by atoms with E-state index >= 15 is 0 Å². The number of anilines is 2. The Hall–Kier alpha value is -2.34. The minimum absolute atomic E-state index is 0.0272. The quantitative estimate of drug-likeness (QED) is 0.627. The summed E-state index contributed by atoms with van der Waals surface area (Å²) in [6, 6.07) is 12.9. The summed E-state index contributed by atoms with van der Waals surface area (Å²) in [7, 11) is -3.28. The lowest BCUT2D eigenvalue weighted by atomic mass is 10.0. The standard InChI is InChI=1S/C11H15NO3S.C8H11N/c1-4-9-7-10(8(2)13)5-6-11(9)12-16(3,14)15;1-2-7-5-3-4-6-8(7)9/h5-7,12H,4H2,1-3H3;3-6H,2,9H2,1H3. The zero-order valence-corrected chi connectivity index (χ0v) is 16.0. The van der Waals surface area contributed by atoms with E-state index in [1.165, 1.54) is 12.5 Å². The summed E-state index contributed by atoms with van der Waals surface area (Å²) in [5.74, 6) is -0.0272. The minimum atomic E-state index is -3.28. The molecule has 25 heavy (non-hydrogen) atoms. The number of nitrogens with two attached hydrogens (primary N) is 1. The molecule has 136 valence electrons. The van der Waals surface area contributed by atoms with Gasteiger partial charge in [-0.1, -0.05) is 32.0 Å². The van der Waals surface area contributed by atoms with Crippen molar-refractivity contribution in [3.8, 4) is 0 Å². The molecule has 0 aliphatic heterocycles. The van der Waals surface area contributed by atoms with Crippen LogP contribution < -0.4 is 10.5 Å². The molecule has 0 aromatic heterocycles. The van der Waals surface area contributed by atoms with E-state index in [-0.39, 0.29) is 5.78 Å². The van der Waals surface area contributed by atoms with Crippen LogP contribution >= 0.6 is 0 Å². The number of sulfonamides is 1. The molecule has 2 rings (SSSR count). The zero-order chi connectivity index (χ0) is 19.0. The van der Waals surface area contributed by atoms with Crippen LogP contribution in [0.25, 0.3) is 0 Å². The number of nitrogen functional groups attached to an aromatic ring is 1. The highest BCUT2D eigenvalue weighted by Crippen LogP contribution is 2.19. The largest absolute Gasteiger partial charge is 0.399 e. The predicted molar refractivity (Wildman–Crippen MR) is 105 cm³/mol. The molecule has 2 aromatic carbocycles. The number of aryl methyl sites for hydroxylation is 2. The van der Waals surface area contributed by atoms with Crippen molar-refractivity contribution in [2.24, 2.45) is 0 Å². The number of ketones is 1. The number of Topliss-reactive ketones (excluding diaryl/α,β-unsaturated/α-hetero) is 1. The molecule has 6 heteroatoms. The summed E-state index contributed by atoms with van der Waals surface area (Å²) in [5.41, 5.74) is 9.72. The van der Waals surface area contributed by atoms with Crippen LogP contribution in [0, 0.1) is 0 Å².